The summed E-state index contributed by atoms with van der Waals surface area (Å²) in [6.45, 7) is 8.88. The van der Waals surface area contributed by atoms with Gasteiger partial charge in [-0.2, -0.15) is 0 Å². The average molecular weight is 195 g/mol. The maximum atomic E-state index is 2.70. The average Bonchev–Trinajstić information content (AvgIpc) is 2.13. The van der Waals surface area contributed by atoms with Crippen molar-refractivity contribution < 1.29 is 0 Å². The van der Waals surface area contributed by atoms with Crippen molar-refractivity contribution in [1.82, 2.24) is 4.90 Å². The molecule has 0 radical (unpaired) electrons. The molecule has 1 heterocycles. The van der Waals surface area contributed by atoms with Crippen molar-refractivity contribution in [3.63, 3.8) is 0 Å². The SMILES string of the molecule is CCC1CC(CN2CCC(C)CC2)C1. The van der Waals surface area contributed by atoms with E-state index in [1.165, 1.54) is 51.7 Å². The van der Waals surface area contributed by atoms with Gasteiger partial charge in [0.25, 0.3) is 0 Å². The van der Waals surface area contributed by atoms with Crippen molar-refractivity contribution in [2.45, 2.75) is 46.0 Å². The summed E-state index contributed by atoms with van der Waals surface area (Å²) < 4.78 is 0. The highest BCUT2D eigenvalue weighted by molar-refractivity contribution is 4.82. The predicted molar refractivity (Wildman–Crippen MR) is 61.3 cm³/mol. The Bertz CT molecular complexity index is 164. The fourth-order valence-corrected chi connectivity index (χ4v) is 2.97. The van der Waals surface area contributed by atoms with E-state index < -0.39 is 0 Å². The topological polar surface area (TPSA) is 3.24 Å². The first kappa shape index (κ1) is 10.5. The molecule has 2 fully saturated rings. The van der Waals surface area contributed by atoms with Crippen molar-refractivity contribution in [3.05, 3.63) is 0 Å². The Morgan fingerprint density at radius 1 is 1.07 bits per heavy atom. The molecule has 0 aromatic heterocycles. The Hall–Kier alpha value is -0.0400. The van der Waals surface area contributed by atoms with Gasteiger partial charge in [-0.1, -0.05) is 20.3 Å². The largest absolute Gasteiger partial charge is 0.303 e. The zero-order chi connectivity index (χ0) is 9.97. The van der Waals surface area contributed by atoms with Crippen LogP contribution in [0.25, 0.3) is 0 Å². The molecule has 2 rings (SSSR count). The van der Waals surface area contributed by atoms with Gasteiger partial charge in [0.1, 0.15) is 0 Å². The highest BCUT2D eigenvalue weighted by atomic mass is 15.1. The van der Waals surface area contributed by atoms with E-state index in [1.54, 1.807) is 0 Å². The maximum Gasteiger partial charge on any atom is 0.000986 e. The van der Waals surface area contributed by atoms with Gasteiger partial charge < -0.3 is 4.90 Å². The number of hydrogen-bond donors (Lipinski definition) is 0. The number of rotatable bonds is 3. The zero-order valence-electron chi connectivity index (χ0n) is 9.84. The molecule has 1 nitrogen and oxygen atoms in total. The first-order chi connectivity index (χ1) is 6.78. The van der Waals surface area contributed by atoms with Crippen LogP contribution < -0.4 is 0 Å². The normalized spacial score (nSPS) is 35.6. The molecule has 1 aliphatic heterocycles. The van der Waals surface area contributed by atoms with Crippen LogP contribution in [0.1, 0.15) is 46.0 Å². The summed E-state index contributed by atoms with van der Waals surface area (Å²) in [7, 11) is 0. The Morgan fingerprint density at radius 3 is 2.29 bits per heavy atom. The van der Waals surface area contributed by atoms with Crippen LogP contribution in [0.15, 0.2) is 0 Å². The van der Waals surface area contributed by atoms with Gasteiger partial charge in [0.05, 0.1) is 0 Å². The number of piperidine rings is 1. The quantitative estimate of drug-likeness (QED) is 0.668. The van der Waals surface area contributed by atoms with Crippen molar-refractivity contribution in [3.8, 4) is 0 Å². The second-order valence-corrected chi connectivity index (χ2v) is 5.59. The van der Waals surface area contributed by atoms with E-state index in [0.29, 0.717) is 0 Å². The van der Waals surface area contributed by atoms with E-state index >= 15 is 0 Å². The summed E-state index contributed by atoms with van der Waals surface area (Å²) >= 11 is 0. The van der Waals surface area contributed by atoms with Crippen LogP contribution >= 0.6 is 0 Å². The van der Waals surface area contributed by atoms with E-state index in [2.05, 4.69) is 18.7 Å². The van der Waals surface area contributed by atoms with Gasteiger partial charge in [0.2, 0.25) is 0 Å². The van der Waals surface area contributed by atoms with Gasteiger partial charge in [0, 0.05) is 6.54 Å². The van der Waals surface area contributed by atoms with Crippen LogP contribution in [-0.2, 0) is 0 Å². The second kappa shape index (κ2) is 4.65. The molecule has 1 heteroatoms. The highest BCUT2D eigenvalue weighted by Gasteiger charge is 2.29. The van der Waals surface area contributed by atoms with Crippen LogP contribution in [-0.4, -0.2) is 24.5 Å². The van der Waals surface area contributed by atoms with Crippen molar-refractivity contribution in [2.75, 3.05) is 19.6 Å². The fourth-order valence-electron chi connectivity index (χ4n) is 2.97. The lowest BCUT2D eigenvalue weighted by Gasteiger charge is -2.40. The molecule has 0 aromatic carbocycles. The monoisotopic (exact) mass is 195 g/mol. The Labute approximate surface area is 88.9 Å². The van der Waals surface area contributed by atoms with Crippen LogP contribution in [0.2, 0.25) is 0 Å². The van der Waals surface area contributed by atoms with E-state index in [0.717, 1.165) is 17.8 Å². The Kier molecular flexibility index (Phi) is 3.48. The molecule has 14 heavy (non-hydrogen) atoms. The van der Waals surface area contributed by atoms with Crippen LogP contribution in [0.4, 0.5) is 0 Å². The standard InChI is InChI=1S/C13H25N/c1-3-12-8-13(9-12)10-14-6-4-11(2)5-7-14/h11-13H,3-10H2,1-2H3. The first-order valence-corrected chi connectivity index (χ1v) is 6.50. The highest BCUT2D eigenvalue weighted by Crippen LogP contribution is 2.36. The third-order valence-corrected chi connectivity index (χ3v) is 4.30. The molecule has 1 saturated heterocycles. The van der Waals surface area contributed by atoms with Crippen LogP contribution in [0, 0.1) is 17.8 Å². The summed E-state index contributed by atoms with van der Waals surface area (Å²) in [6, 6.07) is 0. The minimum Gasteiger partial charge on any atom is -0.303 e. The molecule has 0 bridgehead atoms. The zero-order valence-corrected chi connectivity index (χ0v) is 9.84. The lowest BCUT2D eigenvalue weighted by atomic mass is 9.73. The molecule has 0 spiro atoms. The number of likely N-dealkylation sites (tertiary alicyclic amines) is 1. The van der Waals surface area contributed by atoms with E-state index in [1.807, 2.05) is 0 Å². The third-order valence-electron chi connectivity index (χ3n) is 4.30. The first-order valence-electron chi connectivity index (χ1n) is 6.50. The van der Waals surface area contributed by atoms with Crippen LogP contribution in [0.3, 0.4) is 0 Å². The van der Waals surface area contributed by atoms with Crippen molar-refractivity contribution in [2.24, 2.45) is 17.8 Å². The second-order valence-electron chi connectivity index (χ2n) is 5.59. The molecule has 0 atom stereocenters. The molecule has 82 valence electrons. The molecular formula is C13H25N. The Balaban J connectivity index is 1.62. The molecule has 0 N–H and O–H groups in total. The molecule has 0 amide bonds. The van der Waals surface area contributed by atoms with E-state index in [4.69, 9.17) is 0 Å². The summed E-state index contributed by atoms with van der Waals surface area (Å²) in [4.78, 5) is 2.70. The van der Waals surface area contributed by atoms with Crippen LogP contribution in [0.5, 0.6) is 0 Å². The van der Waals surface area contributed by atoms with E-state index in [-0.39, 0.29) is 0 Å². The Morgan fingerprint density at radius 2 is 1.71 bits per heavy atom. The molecule has 1 saturated carbocycles. The summed E-state index contributed by atoms with van der Waals surface area (Å²) in [5.74, 6) is 3.10. The summed E-state index contributed by atoms with van der Waals surface area (Å²) in [5.41, 5.74) is 0. The summed E-state index contributed by atoms with van der Waals surface area (Å²) in [5, 5.41) is 0. The van der Waals surface area contributed by atoms with Crippen molar-refractivity contribution >= 4 is 0 Å². The molecule has 0 unspecified atom stereocenters. The third kappa shape index (κ3) is 2.50. The van der Waals surface area contributed by atoms with Gasteiger partial charge in [-0.25, -0.2) is 0 Å². The van der Waals surface area contributed by atoms with Gasteiger partial charge in [-0.3, -0.25) is 0 Å². The van der Waals surface area contributed by atoms with Gasteiger partial charge in [0.15, 0.2) is 0 Å². The van der Waals surface area contributed by atoms with Crippen molar-refractivity contribution in [1.29, 1.82) is 0 Å². The van der Waals surface area contributed by atoms with Gasteiger partial charge in [-0.05, 0) is 56.5 Å². The minimum absolute atomic E-state index is 0.982. The minimum atomic E-state index is 0.982. The maximum absolute atomic E-state index is 2.70. The summed E-state index contributed by atoms with van der Waals surface area (Å²) in [6.07, 6.45) is 7.31. The molecule has 2 aliphatic rings. The molecular weight excluding hydrogens is 170 g/mol. The van der Waals surface area contributed by atoms with Gasteiger partial charge in [-0.15, -0.1) is 0 Å². The van der Waals surface area contributed by atoms with E-state index in [9.17, 15) is 0 Å². The number of nitrogens with zero attached hydrogens (tertiary/aromatic N) is 1. The lowest BCUT2D eigenvalue weighted by Crippen LogP contribution is -2.40. The lowest BCUT2D eigenvalue weighted by molar-refractivity contribution is 0.0988. The smallest absolute Gasteiger partial charge is 0.000986 e. The molecule has 0 aromatic rings. The fraction of sp³-hybridized carbons (Fsp3) is 1.00. The number of hydrogen-bond acceptors (Lipinski definition) is 1. The molecule has 1 aliphatic carbocycles. The van der Waals surface area contributed by atoms with Gasteiger partial charge >= 0.3 is 0 Å². The predicted octanol–water partition coefficient (Wildman–Crippen LogP) is 3.15.